The van der Waals surface area contributed by atoms with Crippen LogP contribution in [0.25, 0.3) is 0 Å². The molecule has 1 aliphatic rings. The lowest BCUT2D eigenvalue weighted by molar-refractivity contribution is -0.118. The fourth-order valence-corrected chi connectivity index (χ4v) is 3.18. The molecule has 3 heteroatoms. The zero-order valence-electron chi connectivity index (χ0n) is 11.6. The van der Waals surface area contributed by atoms with Gasteiger partial charge in [-0.25, -0.2) is 0 Å². The minimum Gasteiger partial charge on any atom is -0.497 e. The van der Waals surface area contributed by atoms with Crippen LogP contribution in [0.3, 0.4) is 0 Å². The molecule has 1 aliphatic carbocycles. The molecule has 0 aliphatic heterocycles. The number of carbonyl (C=O) groups excluding carboxylic acids is 1. The van der Waals surface area contributed by atoms with Gasteiger partial charge in [-0.15, -0.1) is 0 Å². The number of carbonyl (C=O) groups is 1. The minimum atomic E-state index is -0.210. The van der Waals surface area contributed by atoms with Gasteiger partial charge in [-0.3, -0.25) is 4.79 Å². The monoisotopic (exact) mass is 261 g/mol. The van der Waals surface area contributed by atoms with Crippen LogP contribution in [0.1, 0.15) is 50.0 Å². The van der Waals surface area contributed by atoms with Gasteiger partial charge >= 0.3 is 0 Å². The molecule has 0 radical (unpaired) electrons. The molecule has 1 fully saturated rings. The summed E-state index contributed by atoms with van der Waals surface area (Å²) in [4.78, 5) is 11.4. The van der Waals surface area contributed by atoms with Crippen molar-refractivity contribution < 1.29 is 9.53 Å². The maximum absolute atomic E-state index is 11.4. The molecule has 1 saturated carbocycles. The summed E-state index contributed by atoms with van der Waals surface area (Å²) in [5.41, 5.74) is 6.62. The summed E-state index contributed by atoms with van der Waals surface area (Å²) in [7, 11) is 1.67. The van der Waals surface area contributed by atoms with E-state index in [-0.39, 0.29) is 11.8 Å². The van der Waals surface area contributed by atoms with Gasteiger partial charge < -0.3 is 10.5 Å². The van der Waals surface area contributed by atoms with Gasteiger partial charge in [0.05, 0.1) is 7.11 Å². The Labute approximate surface area is 115 Å². The van der Waals surface area contributed by atoms with Gasteiger partial charge in [0.25, 0.3) is 0 Å². The third-order valence-electron chi connectivity index (χ3n) is 4.16. The maximum atomic E-state index is 11.4. The average molecular weight is 261 g/mol. The van der Waals surface area contributed by atoms with Crippen LogP contribution in [-0.2, 0) is 4.79 Å². The Morgan fingerprint density at radius 3 is 2.74 bits per heavy atom. The highest BCUT2D eigenvalue weighted by Gasteiger charge is 2.26. The number of hydrogen-bond acceptors (Lipinski definition) is 2. The quantitative estimate of drug-likeness (QED) is 0.884. The van der Waals surface area contributed by atoms with E-state index in [2.05, 4.69) is 6.07 Å². The Kier molecular flexibility index (Phi) is 4.83. The predicted molar refractivity (Wildman–Crippen MR) is 76.1 cm³/mol. The molecule has 1 atom stereocenters. The lowest BCUT2D eigenvalue weighted by Crippen LogP contribution is -2.23. The molecule has 1 aromatic rings. The van der Waals surface area contributed by atoms with Crippen molar-refractivity contribution in [1.82, 2.24) is 0 Å². The fraction of sp³-hybridized carbons (Fsp3) is 0.562. The summed E-state index contributed by atoms with van der Waals surface area (Å²) in [6.07, 6.45) is 6.70. The second-order valence-corrected chi connectivity index (χ2v) is 5.45. The van der Waals surface area contributed by atoms with E-state index in [9.17, 15) is 4.79 Å². The molecule has 19 heavy (non-hydrogen) atoms. The van der Waals surface area contributed by atoms with Crippen molar-refractivity contribution in [2.24, 2.45) is 11.7 Å². The molecule has 0 saturated heterocycles. The third kappa shape index (κ3) is 3.72. The SMILES string of the molecule is COc1cccc(C(CC(N)=O)C2CCCCC2)c1. The summed E-state index contributed by atoms with van der Waals surface area (Å²) in [6.45, 7) is 0. The van der Waals surface area contributed by atoms with Gasteiger partial charge in [0.2, 0.25) is 5.91 Å². The van der Waals surface area contributed by atoms with Crippen molar-refractivity contribution in [3.8, 4) is 5.75 Å². The van der Waals surface area contributed by atoms with Gasteiger partial charge in [-0.05, 0) is 42.4 Å². The van der Waals surface area contributed by atoms with Crippen LogP contribution in [0.2, 0.25) is 0 Å². The lowest BCUT2D eigenvalue weighted by atomic mass is 9.75. The number of methoxy groups -OCH3 is 1. The van der Waals surface area contributed by atoms with Crippen LogP contribution >= 0.6 is 0 Å². The highest BCUT2D eigenvalue weighted by atomic mass is 16.5. The van der Waals surface area contributed by atoms with Crippen LogP contribution in [0.15, 0.2) is 24.3 Å². The molecule has 1 unspecified atom stereocenters. The largest absolute Gasteiger partial charge is 0.497 e. The molecule has 2 N–H and O–H groups in total. The Morgan fingerprint density at radius 1 is 1.37 bits per heavy atom. The average Bonchev–Trinajstić information content (AvgIpc) is 2.45. The number of primary amides is 1. The zero-order valence-corrected chi connectivity index (χ0v) is 11.6. The number of rotatable bonds is 5. The van der Waals surface area contributed by atoms with Gasteiger partial charge in [0.1, 0.15) is 5.75 Å². The Morgan fingerprint density at radius 2 is 2.11 bits per heavy atom. The van der Waals surface area contributed by atoms with E-state index in [0.29, 0.717) is 12.3 Å². The topological polar surface area (TPSA) is 52.3 Å². The molecule has 2 rings (SSSR count). The molecular formula is C16H23NO2. The number of amides is 1. The van der Waals surface area contributed by atoms with Crippen LogP contribution < -0.4 is 10.5 Å². The van der Waals surface area contributed by atoms with E-state index in [1.807, 2.05) is 18.2 Å². The van der Waals surface area contributed by atoms with Crippen molar-refractivity contribution in [1.29, 1.82) is 0 Å². The molecule has 0 heterocycles. The zero-order chi connectivity index (χ0) is 13.7. The highest BCUT2D eigenvalue weighted by molar-refractivity contribution is 5.74. The van der Waals surface area contributed by atoms with Crippen LogP contribution in [-0.4, -0.2) is 13.0 Å². The van der Waals surface area contributed by atoms with Crippen molar-refractivity contribution in [3.05, 3.63) is 29.8 Å². The number of nitrogens with two attached hydrogens (primary N) is 1. The summed E-state index contributed by atoms with van der Waals surface area (Å²) < 4.78 is 5.28. The first-order valence-corrected chi connectivity index (χ1v) is 7.13. The molecule has 3 nitrogen and oxygen atoms in total. The Bertz CT molecular complexity index is 425. The van der Waals surface area contributed by atoms with Crippen molar-refractivity contribution in [2.45, 2.75) is 44.4 Å². The molecule has 0 spiro atoms. The minimum absolute atomic E-state index is 0.210. The van der Waals surface area contributed by atoms with Crippen LogP contribution in [0, 0.1) is 5.92 Å². The van der Waals surface area contributed by atoms with E-state index >= 15 is 0 Å². The van der Waals surface area contributed by atoms with Crippen LogP contribution in [0.5, 0.6) is 5.75 Å². The first-order chi connectivity index (χ1) is 9.20. The van der Waals surface area contributed by atoms with E-state index in [0.717, 1.165) is 5.75 Å². The Hall–Kier alpha value is -1.51. The standard InChI is InChI=1S/C16H23NO2/c1-19-14-9-5-8-13(10-14)15(11-16(17)18)12-6-3-2-4-7-12/h5,8-10,12,15H,2-4,6-7,11H2,1H3,(H2,17,18). The smallest absolute Gasteiger partial charge is 0.218 e. The second-order valence-electron chi connectivity index (χ2n) is 5.45. The van der Waals surface area contributed by atoms with Gasteiger partial charge in [-0.1, -0.05) is 31.4 Å². The summed E-state index contributed by atoms with van der Waals surface area (Å²) >= 11 is 0. The first-order valence-electron chi connectivity index (χ1n) is 7.13. The van der Waals surface area contributed by atoms with E-state index < -0.39 is 0 Å². The van der Waals surface area contributed by atoms with Crippen molar-refractivity contribution >= 4 is 5.91 Å². The normalized spacial score (nSPS) is 17.9. The number of ether oxygens (including phenoxy) is 1. The first kappa shape index (κ1) is 13.9. The number of hydrogen-bond donors (Lipinski definition) is 1. The molecule has 1 aromatic carbocycles. The maximum Gasteiger partial charge on any atom is 0.218 e. The summed E-state index contributed by atoms with van der Waals surface area (Å²) in [6, 6.07) is 8.06. The van der Waals surface area contributed by atoms with Crippen molar-refractivity contribution in [2.75, 3.05) is 7.11 Å². The van der Waals surface area contributed by atoms with Gasteiger partial charge in [0.15, 0.2) is 0 Å². The molecule has 104 valence electrons. The van der Waals surface area contributed by atoms with E-state index in [1.165, 1.54) is 37.7 Å². The Balaban J connectivity index is 2.21. The van der Waals surface area contributed by atoms with E-state index in [1.54, 1.807) is 7.11 Å². The van der Waals surface area contributed by atoms with Crippen LogP contribution in [0.4, 0.5) is 0 Å². The molecular weight excluding hydrogens is 238 g/mol. The second kappa shape index (κ2) is 6.60. The van der Waals surface area contributed by atoms with E-state index in [4.69, 9.17) is 10.5 Å². The summed E-state index contributed by atoms with van der Waals surface area (Å²) in [5.74, 6) is 1.46. The van der Waals surface area contributed by atoms with Crippen molar-refractivity contribution in [3.63, 3.8) is 0 Å². The predicted octanol–water partition coefficient (Wildman–Crippen LogP) is 3.23. The number of benzene rings is 1. The molecule has 0 bridgehead atoms. The molecule has 0 aromatic heterocycles. The van der Waals surface area contributed by atoms with Gasteiger partial charge in [-0.2, -0.15) is 0 Å². The lowest BCUT2D eigenvalue weighted by Gasteiger charge is -2.30. The third-order valence-corrected chi connectivity index (χ3v) is 4.16. The summed E-state index contributed by atoms with van der Waals surface area (Å²) in [5, 5.41) is 0. The molecule has 1 amide bonds. The fourth-order valence-electron chi connectivity index (χ4n) is 3.18. The van der Waals surface area contributed by atoms with Gasteiger partial charge in [0, 0.05) is 6.42 Å². The highest BCUT2D eigenvalue weighted by Crippen LogP contribution is 2.38.